The van der Waals surface area contributed by atoms with Crippen LogP contribution in [0.2, 0.25) is 0 Å². The van der Waals surface area contributed by atoms with Crippen molar-refractivity contribution in [3.8, 4) is 23.1 Å². The Labute approximate surface area is 145 Å². The number of amides is 1. The molecule has 3 aromatic rings. The lowest BCUT2D eigenvalue weighted by Crippen LogP contribution is -2.17. The fraction of sp³-hybridized carbons (Fsp3) is 0.0526. The lowest BCUT2D eigenvalue weighted by molar-refractivity contribution is 0.0963. The maximum absolute atomic E-state index is 11.5. The van der Waals surface area contributed by atoms with Crippen LogP contribution >= 0.6 is 0 Å². The van der Waals surface area contributed by atoms with Gasteiger partial charge in [-0.05, 0) is 42.5 Å². The number of ether oxygens (including phenoxy) is 2. The molecule has 0 atom stereocenters. The van der Waals surface area contributed by atoms with Crippen molar-refractivity contribution in [2.45, 2.75) is 0 Å². The highest BCUT2D eigenvalue weighted by molar-refractivity contribution is 5.94. The SMILES string of the molecule is CNC(=O)c1ccc(Oc2cc(Oc3cccc(N)c3)ccn2)cc1. The van der Waals surface area contributed by atoms with Crippen LogP contribution in [0.4, 0.5) is 5.69 Å². The van der Waals surface area contributed by atoms with Crippen molar-refractivity contribution < 1.29 is 14.3 Å². The first-order chi connectivity index (χ1) is 12.1. The summed E-state index contributed by atoms with van der Waals surface area (Å²) in [6, 6.07) is 17.3. The van der Waals surface area contributed by atoms with Crippen molar-refractivity contribution in [3.63, 3.8) is 0 Å². The molecule has 1 amide bonds. The van der Waals surface area contributed by atoms with E-state index in [1.54, 1.807) is 61.8 Å². The molecule has 0 spiro atoms. The number of nitrogens with one attached hydrogen (secondary N) is 1. The molecule has 25 heavy (non-hydrogen) atoms. The molecule has 3 N–H and O–H groups in total. The first-order valence-corrected chi connectivity index (χ1v) is 7.63. The van der Waals surface area contributed by atoms with E-state index in [1.165, 1.54) is 0 Å². The fourth-order valence-electron chi connectivity index (χ4n) is 2.16. The molecule has 0 fully saturated rings. The molecule has 0 radical (unpaired) electrons. The normalized spacial score (nSPS) is 10.1. The van der Waals surface area contributed by atoms with Crippen molar-refractivity contribution in [2.24, 2.45) is 0 Å². The average molecular weight is 335 g/mol. The molecule has 6 heteroatoms. The Morgan fingerprint density at radius 1 is 0.960 bits per heavy atom. The first kappa shape index (κ1) is 16.3. The van der Waals surface area contributed by atoms with Gasteiger partial charge in [-0.3, -0.25) is 4.79 Å². The van der Waals surface area contributed by atoms with Gasteiger partial charge >= 0.3 is 0 Å². The van der Waals surface area contributed by atoms with Crippen molar-refractivity contribution in [1.29, 1.82) is 0 Å². The van der Waals surface area contributed by atoms with E-state index in [0.717, 1.165) is 0 Å². The number of anilines is 1. The summed E-state index contributed by atoms with van der Waals surface area (Å²) in [5.41, 5.74) is 6.92. The molecule has 0 aliphatic carbocycles. The minimum Gasteiger partial charge on any atom is -0.457 e. The van der Waals surface area contributed by atoms with Gasteiger partial charge in [-0.1, -0.05) is 6.07 Å². The van der Waals surface area contributed by atoms with Gasteiger partial charge in [0.15, 0.2) is 0 Å². The molecule has 0 aliphatic rings. The second-order valence-corrected chi connectivity index (χ2v) is 5.21. The summed E-state index contributed by atoms with van der Waals surface area (Å²) in [5.74, 6) is 2.02. The number of nitrogen functional groups attached to an aromatic ring is 1. The molecular weight excluding hydrogens is 318 g/mol. The Kier molecular flexibility index (Phi) is 4.80. The smallest absolute Gasteiger partial charge is 0.251 e. The predicted octanol–water partition coefficient (Wildman–Crippen LogP) is 3.61. The lowest BCUT2D eigenvalue weighted by atomic mass is 10.2. The van der Waals surface area contributed by atoms with E-state index in [-0.39, 0.29) is 5.91 Å². The van der Waals surface area contributed by atoms with E-state index < -0.39 is 0 Å². The highest BCUT2D eigenvalue weighted by Gasteiger charge is 2.05. The Balaban J connectivity index is 1.72. The van der Waals surface area contributed by atoms with Crippen LogP contribution in [0, 0.1) is 0 Å². The number of benzene rings is 2. The van der Waals surface area contributed by atoms with E-state index in [2.05, 4.69) is 10.3 Å². The number of aromatic nitrogens is 1. The maximum Gasteiger partial charge on any atom is 0.251 e. The summed E-state index contributed by atoms with van der Waals surface area (Å²) in [5, 5.41) is 2.57. The Morgan fingerprint density at radius 2 is 1.72 bits per heavy atom. The molecule has 3 rings (SSSR count). The minimum absolute atomic E-state index is 0.151. The van der Waals surface area contributed by atoms with Gasteiger partial charge in [-0.2, -0.15) is 0 Å². The van der Waals surface area contributed by atoms with Crippen LogP contribution in [-0.2, 0) is 0 Å². The van der Waals surface area contributed by atoms with Crippen molar-refractivity contribution >= 4 is 11.6 Å². The van der Waals surface area contributed by atoms with Gasteiger partial charge in [-0.15, -0.1) is 0 Å². The van der Waals surface area contributed by atoms with Crippen LogP contribution in [0.15, 0.2) is 66.9 Å². The summed E-state index contributed by atoms with van der Waals surface area (Å²) in [6.07, 6.45) is 1.59. The average Bonchev–Trinajstić information content (AvgIpc) is 2.62. The number of hydrogen-bond acceptors (Lipinski definition) is 5. The van der Waals surface area contributed by atoms with Gasteiger partial charge in [0.05, 0.1) is 0 Å². The molecule has 1 heterocycles. The minimum atomic E-state index is -0.151. The molecule has 0 bridgehead atoms. The van der Waals surface area contributed by atoms with Crippen LogP contribution in [0.3, 0.4) is 0 Å². The zero-order valence-corrected chi connectivity index (χ0v) is 13.6. The lowest BCUT2D eigenvalue weighted by Gasteiger charge is -2.09. The Bertz CT molecular complexity index is 879. The Morgan fingerprint density at radius 3 is 2.44 bits per heavy atom. The molecular formula is C19H17N3O3. The standard InChI is InChI=1S/C19H17N3O3/c1-21-19(23)13-5-7-15(8-6-13)25-18-12-17(9-10-22-18)24-16-4-2-3-14(20)11-16/h2-12H,20H2,1H3,(H,21,23). The third-order valence-electron chi connectivity index (χ3n) is 3.37. The number of hydrogen-bond donors (Lipinski definition) is 2. The van der Waals surface area contributed by atoms with Gasteiger partial charge in [0.1, 0.15) is 17.2 Å². The zero-order valence-electron chi connectivity index (χ0n) is 13.6. The van der Waals surface area contributed by atoms with Crippen LogP contribution in [-0.4, -0.2) is 17.9 Å². The summed E-state index contributed by atoms with van der Waals surface area (Å²) >= 11 is 0. The van der Waals surface area contributed by atoms with Crippen LogP contribution in [0.25, 0.3) is 0 Å². The van der Waals surface area contributed by atoms with E-state index >= 15 is 0 Å². The van der Waals surface area contributed by atoms with E-state index in [0.29, 0.717) is 34.4 Å². The van der Waals surface area contributed by atoms with Gasteiger partial charge in [0.2, 0.25) is 5.88 Å². The largest absolute Gasteiger partial charge is 0.457 e. The van der Waals surface area contributed by atoms with Gasteiger partial charge in [0.25, 0.3) is 5.91 Å². The molecule has 6 nitrogen and oxygen atoms in total. The highest BCUT2D eigenvalue weighted by Crippen LogP contribution is 2.27. The molecule has 0 saturated carbocycles. The van der Waals surface area contributed by atoms with Gasteiger partial charge in [0, 0.05) is 36.6 Å². The van der Waals surface area contributed by atoms with Gasteiger partial charge in [-0.25, -0.2) is 4.98 Å². The first-order valence-electron chi connectivity index (χ1n) is 7.63. The summed E-state index contributed by atoms with van der Waals surface area (Å²) in [4.78, 5) is 15.7. The number of pyridine rings is 1. The van der Waals surface area contributed by atoms with Crippen molar-refractivity contribution in [3.05, 3.63) is 72.4 Å². The molecule has 126 valence electrons. The van der Waals surface area contributed by atoms with E-state index in [9.17, 15) is 4.79 Å². The maximum atomic E-state index is 11.5. The topological polar surface area (TPSA) is 86.5 Å². The highest BCUT2D eigenvalue weighted by atomic mass is 16.5. The third kappa shape index (κ3) is 4.26. The summed E-state index contributed by atoms with van der Waals surface area (Å²) in [7, 11) is 1.59. The monoisotopic (exact) mass is 335 g/mol. The predicted molar refractivity (Wildman–Crippen MR) is 95.1 cm³/mol. The number of carbonyl (C=O) groups excluding carboxylic acids is 1. The summed E-state index contributed by atoms with van der Waals surface area (Å²) in [6.45, 7) is 0. The van der Waals surface area contributed by atoms with E-state index in [4.69, 9.17) is 15.2 Å². The molecule has 1 aromatic heterocycles. The zero-order chi connectivity index (χ0) is 17.6. The third-order valence-corrected chi connectivity index (χ3v) is 3.37. The Hall–Kier alpha value is -3.54. The molecule has 0 aliphatic heterocycles. The molecule has 2 aromatic carbocycles. The number of rotatable bonds is 5. The molecule has 0 unspecified atom stereocenters. The van der Waals surface area contributed by atoms with Crippen molar-refractivity contribution in [1.82, 2.24) is 10.3 Å². The van der Waals surface area contributed by atoms with Crippen LogP contribution in [0.5, 0.6) is 23.1 Å². The van der Waals surface area contributed by atoms with Crippen molar-refractivity contribution in [2.75, 3.05) is 12.8 Å². The van der Waals surface area contributed by atoms with Crippen LogP contribution < -0.4 is 20.5 Å². The molecule has 0 saturated heterocycles. The van der Waals surface area contributed by atoms with Gasteiger partial charge < -0.3 is 20.5 Å². The fourth-order valence-corrected chi connectivity index (χ4v) is 2.16. The number of nitrogens with two attached hydrogens (primary N) is 1. The van der Waals surface area contributed by atoms with Crippen LogP contribution in [0.1, 0.15) is 10.4 Å². The van der Waals surface area contributed by atoms with E-state index in [1.807, 2.05) is 12.1 Å². The second kappa shape index (κ2) is 7.35. The second-order valence-electron chi connectivity index (χ2n) is 5.21. The summed E-state index contributed by atoms with van der Waals surface area (Å²) < 4.78 is 11.5. The number of carbonyl (C=O) groups is 1. The number of nitrogens with zero attached hydrogens (tertiary/aromatic N) is 1. The quantitative estimate of drug-likeness (QED) is 0.696.